The molecule has 0 radical (unpaired) electrons. The lowest BCUT2D eigenvalue weighted by molar-refractivity contribution is -0.150. The zero-order chi connectivity index (χ0) is 19.1. The molecule has 1 aliphatic rings. The number of rotatable bonds is 10. The molecule has 1 aromatic rings. The van der Waals surface area contributed by atoms with Gasteiger partial charge < -0.3 is 20.1 Å². The van der Waals surface area contributed by atoms with E-state index in [1.165, 1.54) is 11.8 Å². The number of carbonyl (C=O) groups is 3. The summed E-state index contributed by atoms with van der Waals surface area (Å²) in [6.45, 7) is 4.19. The second-order valence-electron chi connectivity index (χ2n) is 6.34. The number of ether oxygens (including phenoxy) is 1. The van der Waals surface area contributed by atoms with Crippen LogP contribution in [0.2, 0.25) is 0 Å². The van der Waals surface area contributed by atoms with Crippen LogP contribution < -0.4 is 10.1 Å². The van der Waals surface area contributed by atoms with Crippen molar-refractivity contribution < 1.29 is 24.2 Å². The number of aliphatic carboxylic acids is 1. The van der Waals surface area contributed by atoms with E-state index in [4.69, 9.17) is 9.84 Å². The highest BCUT2D eigenvalue weighted by Crippen LogP contribution is 2.29. The van der Waals surface area contributed by atoms with Gasteiger partial charge in [0.2, 0.25) is 5.91 Å². The average Bonchev–Trinajstić information content (AvgIpc) is 3.44. The minimum Gasteiger partial charge on any atom is -0.493 e. The van der Waals surface area contributed by atoms with Gasteiger partial charge >= 0.3 is 5.97 Å². The van der Waals surface area contributed by atoms with Crippen LogP contribution in [0, 0.1) is 0 Å². The number of para-hydroxylation sites is 1. The largest absolute Gasteiger partial charge is 0.493 e. The SMILES string of the molecule is CCOc1ccccc1C(=O)NCCCC(=O)N(C1CC1)C(C)C(=O)O. The molecule has 1 aromatic carbocycles. The number of benzene rings is 1. The quantitative estimate of drug-likeness (QED) is 0.621. The lowest BCUT2D eigenvalue weighted by atomic mass is 10.1. The first-order valence-electron chi connectivity index (χ1n) is 8.99. The number of carbonyl (C=O) groups excluding carboxylic acids is 2. The van der Waals surface area contributed by atoms with Crippen LogP contribution in [0.15, 0.2) is 24.3 Å². The number of nitrogens with zero attached hydrogens (tertiary/aromatic N) is 1. The summed E-state index contributed by atoms with van der Waals surface area (Å²) >= 11 is 0. The zero-order valence-electron chi connectivity index (χ0n) is 15.2. The molecule has 26 heavy (non-hydrogen) atoms. The summed E-state index contributed by atoms with van der Waals surface area (Å²) in [4.78, 5) is 37.3. The Labute approximate surface area is 153 Å². The number of hydrogen-bond donors (Lipinski definition) is 2. The maximum atomic E-state index is 12.4. The van der Waals surface area contributed by atoms with E-state index in [0.29, 0.717) is 30.9 Å². The molecule has 0 saturated heterocycles. The molecule has 0 aromatic heterocycles. The predicted octanol–water partition coefficient (Wildman–Crippen LogP) is 2.06. The van der Waals surface area contributed by atoms with E-state index >= 15 is 0 Å². The Kier molecular flexibility index (Phi) is 7.00. The lowest BCUT2D eigenvalue weighted by Crippen LogP contribution is -2.44. The summed E-state index contributed by atoms with van der Waals surface area (Å²) < 4.78 is 5.44. The van der Waals surface area contributed by atoms with Gasteiger partial charge in [-0.15, -0.1) is 0 Å². The standard InChI is InChI=1S/C19H26N2O5/c1-3-26-16-8-5-4-7-15(16)18(23)20-12-6-9-17(22)21(14-10-11-14)13(2)19(24)25/h4-5,7-8,13-14H,3,6,9-12H2,1-2H3,(H,20,23)(H,24,25). The Morgan fingerprint density at radius 2 is 2.00 bits per heavy atom. The van der Waals surface area contributed by atoms with Crippen molar-refractivity contribution in [2.75, 3.05) is 13.2 Å². The fourth-order valence-corrected chi connectivity index (χ4v) is 2.81. The molecular formula is C19H26N2O5. The third-order valence-corrected chi connectivity index (χ3v) is 4.29. The van der Waals surface area contributed by atoms with Gasteiger partial charge in [-0.1, -0.05) is 12.1 Å². The third-order valence-electron chi connectivity index (χ3n) is 4.29. The van der Waals surface area contributed by atoms with Crippen molar-refractivity contribution in [2.45, 2.75) is 51.6 Å². The van der Waals surface area contributed by atoms with Crippen LogP contribution >= 0.6 is 0 Å². The number of carboxylic acid groups (broad SMARTS) is 1. The molecule has 7 nitrogen and oxygen atoms in total. The van der Waals surface area contributed by atoms with Crippen LogP contribution in [0.1, 0.15) is 49.9 Å². The van der Waals surface area contributed by atoms with Gasteiger partial charge in [0.1, 0.15) is 11.8 Å². The smallest absolute Gasteiger partial charge is 0.326 e. The molecular weight excluding hydrogens is 336 g/mol. The van der Waals surface area contributed by atoms with Crippen LogP contribution in [0.3, 0.4) is 0 Å². The van der Waals surface area contributed by atoms with E-state index < -0.39 is 12.0 Å². The van der Waals surface area contributed by atoms with Gasteiger partial charge in [-0.2, -0.15) is 0 Å². The Bertz CT molecular complexity index is 657. The van der Waals surface area contributed by atoms with Crippen molar-refractivity contribution in [3.63, 3.8) is 0 Å². The van der Waals surface area contributed by atoms with Crippen molar-refractivity contribution in [1.82, 2.24) is 10.2 Å². The fourth-order valence-electron chi connectivity index (χ4n) is 2.81. The van der Waals surface area contributed by atoms with E-state index in [9.17, 15) is 14.4 Å². The number of hydrogen-bond acceptors (Lipinski definition) is 4. The molecule has 142 valence electrons. The van der Waals surface area contributed by atoms with Crippen LogP contribution in [-0.2, 0) is 9.59 Å². The number of amides is 2. The van der Waals surface area contributed by atoms with Gasteiger partial charge in [-0.3, -0.25) is 9.59 Å². The van der Waals surface area contributed by atoms with E-state index in [-0.39, 0.29) is 24.3 Å². The minimum absolute atomic E-state index is 0.0428. The van der Waals surface area contributed by atoms with Crippen LogP contribution in [-0.4, -0.2) is 53.0 Å². The minimum atomic E-state index is -0.994. The second kappa shape index (κ2) is 9.22. The predicted molar refractivity (Wildman–Crippen MR) is 96.1 cm³/mol. The Morgan fingerprint density at radius 3 is 2.62 bits per heavy atom. The number of nitrogens with one attached hydrogen (secondary N) is 1. The summed E-state index contributed by atoms with van der Waals surface area (Å²) in [5.41, 5.74) is 0.458. The highest BCUT2D eigenvalue weighted by molar-refractivity contribution is 5.96. The van der Waals surface area contributed by atoms with Gasteiger partial charge in [0.15, 0.2) is 0 Å². The molecule has 1 aliphatic carbocycles. The zero-order valence-corrected chi connectivity index (χ0v) is 15.2. The fraction of sp³-hybridized carbons (Fsp3) is 0.526. The van der Waals surface area contributed by atoms with Crippen molar-refractivity contribution in [1.29, 1.82) is 0 Å². The highest BCUT2D eigenvalue weighted by Gasteiger charge is 2.37. The van der Waals surface area contributed by atoms with Crippen molar-refractivity contribution in [2.24, 2.45) is 0 Å². The molecule has 0 aliphatic heterocycles. The first-order chi connectivity index (χ1) is 12.5. The van der Waals surface area contributed by atoms with Gasteiger partial charge in [-0.25, -0.2) is 4.79 Å². The maximum absolute atomic E-state index is 12.4. The summed E-state index contributed by atoms with van der Waals surface area (Å²) in [6.07, 6.45) is 2.38. The third kappa shape index (κ3) is 5.21. The van der Waals surface area contributed by atoms with Gasteiger partial charge in [0.25, 0.3) is 5.91 Å². The van der Waals surface area contributed by atoms with Gasteiger partial charge in [0, 0.05) is 19.0 Å². The van der Waals surface area contributed by atoms with Crippen LogP contribution in [0.5, 0.6) is 5.75 Å². The molecule has 2 amide bonds. The summed E-state index contributed by atoms with van der Waals surface area (Å²) in [6, 6.07) is 6.22. The van der Waals surface area contributed by atoms with E-state index in [1.807, 2.05) is 6.92 Å². The Morgan fingerprint density at radius 1 is 1.31 bits per heavy atom. The molecule has 1 saturated carbocycles. The Hall–Kier alpha value is -2.57. The maximum Gasteiger partial charge on any atom is 0.326 e. The molecule has 7 heteroatoms. The van der Waals surface area contributed by atoms with Crippen LogP contribution in [0.4, 0.5) is 0 Å². The normalized spacial score (nSPS) is 14.4. The number of carboxylic acids is 1. The van der Waals surface area contributed by atoms with Crippen LogP contribution in [0.25, 0.3) is 0 Å². The molecule has 0 heterocycles. The van der Waals surface area contributed by atoms with Gasteiger partial charge in [-0.05, 0) is 45.2 Å². The van der Waals surface area contributed by atoms with Crippen molar-refractivity contribution in [3.05, 3.63) is 29.8 Å². The molecule has 1 atom stereocenters. The molecule has 1 fully saturated rings. The lowest BCUT2D eigenvalue weighted by Gasteiger charge is -2.26. The second-order valence-corrected chi connectivity index (χ2v) is 6.34. The summed E-state index contributed by atoms with van der Waals surface area (Å²) in [7, 11) is 0. The monoisotopic (exact) mass is 362 g/mol. The Balaban J connectivity index is 1.81. The molecule has 0 spiro atoms. The first kappa shape index (κ1) is 19.8. The van der Waals surface area contributed by atoms with E-state index in [1.54, 1.807) is 24.3 Å². The summed E-state index contributed by atoms with van der Waals surface area (Å²) in [5, 5.41) is 11.9. The summed E-state index contributed by atoms with van der Waals surface area (Å²) in [5.74, 6) is -0.893. The highest BCUT2D eigenvalue weighted by atomic mass is 16.5. The van der Waals surface area contributed by atoms with Gasteiger partial charge in [0.05, 0.1) is 12.2 Å². The molecule has 0 bridgehead atoms. The molecule has 1 unspecified atom stereocenters. The average molecular weight is 362 g/mol. The molecule has 2 rings (SSSR count). The molecule has 2 N–H and O–H groups in total. The van der Waals surface area contributed by atoms with E-state index in [0.717, 1.165) is 12.8 Å². The first-order valence-corrected chi connectivity index (χ1v) is 8.99. The van der Waals surface area contributed by atoms with Crippen molar-refractivity contribution in [3.8, 4) is 5.75 Å². The van der Waals surface area contributed by atoms with Crippen molar-refractivity contribution >= 4 is 17.8 Å². The van der Waals surface area contributed by atoms with E-state index in [2.05, 4.69) is 5.32 Å². The topological polar surface area (TPSA) is 95.9 Å².